The van der Waals surface area contributed by atoms with Gasteiger partial charge in [-0.2, -0.15) is 0 Å². The van der Waals surface area contributed by atoms with E-state index in [1.165, 1.54) is 23.8 Å². The molecule has 2 aromatic carbocycles. The lowest BCUT2D eigenvalue weighted by Gasteiger charge is -2.20. The van der Waals surface area contributed by atoms with E-state index in [1.54, 1.807) is 12.1 Å². The molecule has 3 aromatic rings. The number of hydrogen-bond acceptors (Lipinski definition) is 4. The van der Waals surface area contributed by atoms with Crippen molar-refractivity contribution in [2.75, 3.05) is 11.9 Å². The first-order valence-corrected chi connectivity index (χ1v) is 12.4. The van der Waals surface area contributed by atoms with Crippen molar-refractivity contribution >= 4 is 40.6 Å². The number of aromatic nitrogens is 1. The molecule has 6 nitrogen and oxygen atoms in total. The van der Waals surface area contributed by atoms with Crippen molar-refractivity contribution < 1.29 is 18.8 Å². The molecule has 8 heteroatoms. The van der Waals surface area contributed by atoms with E-state index in [9.17, 15) is 18.8 Å². The van der Waals surface area contributed by atoms with Crippen LogP contribution >= 0.6 is 11.8 Å². The monoisotopic (exact) mass is 505 g/mol. The van der Waals surface area contributed by atoms with Gasteiger partial charge in [0, 0.05) is 17.1 Å². The Balaban J connectivity index is 1.53. The molecular weight excluding hydrogens is 477 g/mol. The highest BCUT2D eigenvalue weighted by Crippen LogP contribution is 2.34. The second kappa shape index (κ2) is 9.78. The van der Waals surface area contributed by atoms with Crippen molar-refractivity contribution in [3.8, 4) is 5.69 Å². The van der Waals surface area contributed by atoms with Crippen molar-refractivity contribution in [1.29, 1.82) is 0 Å². The molecule has 1 aliphatic rings. The molecule has 1 fully saturated rings. The van der Waals surface area contributed by atoms with E-state index in [4.69, 9.17) is 0 Å². The van der Waals surface area contributed by atoms with Gasteiger partial charge in [-0.25, -0.2) is 4.39 Å². The lowest BCUT2D eigenvalue weighted by atomic mass is 9.87. The Hall–Kier alpha value is -3.65. The van der Waals surface area contributed by atoms with Crippen molar-refractivity contribution in [1.82, 2.24) is 9.47 Å². The molecule has 1 aromatic heterocycles. The largest absolute Gasteiger partial charge is 0.322 e. The van der Waals surface area contributed by atoms with Gasteiger partial charge in [0.25, 0.3) is 11.1 Å². The highest BCUT2D eigenvalue weighted by atomic mass is 32.2. The number of imide groups is 1. The van der Waals surface area contributed by atoms with E-state index < -0.39 is 29.4 Å². The van der Waals surface area contributed by atoms with Crippen LogP contribution in [0.25, 0.3) is 11.8 Å². The molecule has 3 amide bonds. The SMILES string of the molecule is Cc1cc(C=C2SC(=O)N(CC(=O)Nc3ccccc3F)C2=O)c(C)n1-c1ccc(C(C)(C)C)cc1. The van der Waals surface area contributed by atoms with Crippen LogP contribution in [-0.2, 0) is 15.0 Å². The van der Waals surface area contributed by atoms with E-state index in [0.29, 0.717) is 0 Å². The Morgan fingerprint density at radius 3 is 2.36 bits per heavy atom. The fraction of sp³-hybridized carbons (Fsp3) is 0.250. The third-order valence-corrected chi connectivity index (χ3v) is 6.98. The first-order chi connectivity index (χ1) is 17.0. The standard InChI is InChI=1S/C28H28FN3O3S/c1-17-14-19(18(2)32(17)21-12-10-20(11-13-21)28(3,4)5)15-24-26(34)31(27(35)36-24)16-25(33)30-23-9-7-6-8-22(23)29/h6-15H,16H2,1-5H3,(H,30,33). The summed E-state index contributed by atoms with van der Waals surface area (Å²) in [5, 5.41) is 1.86. The van der Waals surface area contributed by atoms with Crippen LogP contribution in [0.3, 0.4) is 0 Å². The Labute approximate surface area is 214 Å². The van der Waals surface area contributed by atoms with Crippen molar-refractivity contribution in [3.63, 3.8) is 0 Å². The lowest BCUT2D eigenvalue weighted by molar-refractivity contribution is -0.127. The molecule has 1 N–H and O–H groups in total. The average Bonchev–Trinajstić information content (AvgIpc) is 3.24. The van der Waals surface area contributed by atoms with Crippen molar-refractivity contribution in [2.24, 2.45) is 0 Å². The molecule has 36 heavy (non-hydrogen) atoms. The van der Waals surface area contributed by atoms with Gasteiger partial charge in [-0.15, -0.1) is 0 Å². The maximum atomic E-state index is 13.8. The van der Waals surface area contributed by atoms with E-state index in [0.717, 1.165) is 39.3 Å². The molecule has 1 saturated heterocycles. The average molecular weight is 506 g/mol. The number of halogens is 1. The molecule has 4 rings (SSSR count). The van der Waals surface area contributed by atoms with Gasteiger partial charge in [-0.3, -0.25) is 19.3 Å². The second-order valence-corrected chi connectivity index (χ2v) is 10.7. The summed E-state index contributed by atoms with van der Waals surface area (Å²) in [6, 6.07) is 16.1. The van der Waals surface area contributed by atoms with Gasteiger partial charge in [-0.05, 0) is 78.6 Å². The molecule has 0 radical (unpaired) electrons. The zero-order valence-electron chi connectivity index (χ0n) is 20.9. The predicted molar refractivity (Wildman–Crippen MR) is 142 cm³/mol. The fourth-order valence-electron chi connectivity index (χ4n) is 4.12. The van der Waals surface area contributed by atoms with Gasteiger partial charge in [0.05, 0.1) is 10.6 Å². The quantitative estimate of drug-likeness (QED) is 0.419. The number of anilines is 1. The molecule has 0 bridgehead atoms. The first-order valence-electron chi connectivity index (χ1n) is 11.6. The summed E-state index contributed by atoms with van der Waals surface area (Å²) in [7, 11) is 0. The number of para-hydroxylation sites is 1. The van der Waals surface area contributed by atoms with E-state index >= 15 is 0 Å². The number of nitrogens with zero attached hydrogens (tertiary/aromatic N) is 2. The highest BCUT2D eigenvalue weighted by molar-refractivity contribution is 8.18. The minimum Gasteiger partial charge on any atom is -0.322 e. The molecule has 0 saturated carbocycles. The molecule has 0 atom stereocenters. The number of carbonyl (C=O) groups excluding carboxylic acids is 3. The smallest absolute Gasteiger partial charge is 0.294 e. The third kappa shape index (κ3) is 5.14. The summed E-state index contributed by atoms with van der Waals surface area (Å²) >= 11 is 0.788. The Kier molecular flexibility index (Phi) is 6.91. The van der Waals surface area contributed by atoms with Crippen LogP contribution in [0.1, 0.15) is 43.3 Å². The zero-order chi connectivity index (χ0) is 26.2. The van der Waals surface area contributed by atoms with Gasteiger partial charge in [0.15, 0.2) is 0 Å². The number of thioether (sulfide) groups is 1. The molecule has 0 aliphatic carbocycles. The summed E-state index contributed by atoms with van der Waals surface area (Å²) in [6.07, 6.45) is 1.68. The van der Waals surface area contributed by atoms with Crippen LogP contribution in [0.2, 0.25) is 0 Å². The molecule has 0 spiro atoms. The van der Waals surface area contributed by atoms with Gasteiger partial charge in [0.2, 0.25) is 5.91 Å². The maximum Gasteiger partial charge on any atom is 0.294 e. The van der Waals surface area contributed by atoms with Crippen LogP contribution in [0.4, 0.5) is 14.9 Å². The Bertz CT molecular complexity index is 1380. The van der Waals surface area contributed by atoms with E-state index in [1.807, 2.05) is 19.9 Å². The topological polar surface area (TPSA) is 71.4 Å². The minimum atomic E-state index is -0.652. The van der Waals surface area contributed by atoms with Crippen LogP contribution < -0.4 is 5.32 Å². The first kappa shape index (κ1) is 25.4. The number of aryl methyl sites for hydroxylation is 1. The summed E-state index contributed by atoms with van der Waals surface area (Å²) in [6.45, 7) is 9.97. The zero-order valence-corrected chi connectivity index (χ0v) is 21.7. The molecule has 1 aliphatic heterocycles. The number of amides is 3. The normalized spacial score (nSPS) is 15.2. The van der Waals surface area contributed by atoms with Crippen LogP contribution in [0, 0.1) is 19.7 Å². The Morgan fingerprint density at radius 2 is 1.72 bits per heavy atom. The number of carbonyl (C=O) groups is 3. The third-order valence-electron chi connectivity index (χ3n) is 6.07. The number of hydrogen-bond donors (Lipinski definition) is 1. The second-order valence-electron chi connectivity index (χ2n) is 9.75. The van der Waals surface area contributed by atoms with Crippen LogP contribution in [0.15, 0.2) is 59.5 Å². The van der Waals surface area contributed by atoms with Gasteiger partial charge in [-0.1, -0.05) is 45.0 Å². The maximum absolute atomic E-state index is 13.8. The summed E-state index contributed by atoms with van der Waals surface area (Å²) < 4.78 is 15.9. The summed E-state index contributed by atoms with van der Waals surface area (Å²) in [5.74, 6) is -1.79. The van der Waals surface area contributed by atoms with Crippen molar-refractivity contribution in [3.05, 3.63) is 87.8 Å². The summed E-state index contributed by atoms with van der Waals surface area (Å²) in [4.78, 5) is 38.9. The molecule has 2 heterocycles. The lowest BCUT2D eigenvalue weighted by Crippen LogP contribution is -2.36. The van der Waals surface area contributed by atoms with Gasteiger partial charge >= 0.3 is 0 Å². The molecular formula is C28H28FN3O3S. The van der Waals surface area contributed by atoms with Crippen LogP contribution in [0.5, 0.6) is 0 Å². The van der Waals surface area contributed by atoms with Crippen LogP contribution in [-0.4, -0.2) is 33.1 Å². The molecule has 186 valence electrons. The highest BCUT2D eigenvalue weighted by Gasteiger charge is 2.36. The van der Waals surface area contributed by atoms with E-state index in [-0.39, 0.29) is 16.0 Å². The Morgan fingerprint density at radius 1 is 1.06 bits per heavy atom. The van der Waals surface area contributed by atoms with Crippen molar-refractivity contribution in [2.45, 2.75) is 40.0 Å². The van der Waals surface area contributed by atoms with Gasteiger partial charge < -0.3 is 9.88 Å². The fourth-order valence-corrected chi connectivity index (χ4v) is 4.94. The number of rotatable bonds is 5. The number of benzene rings is 2. The van der Waals surface area contributed by atoms with E-state index in [2.05, 4.69) is 54.9 Å². The number of nitrogens with one attached hydrogen (secondary N) is 1. The predicted octanol–water partition coefficient (Wildman–Crippen LogP) is 6.21. The minimum absolute atomic E-state index is 0.00649. The van der Waals surface area contributed by atoms with Gasteiger partial charge in [0.1, 0.15) is 12.4 Å². The molecule has 0 unspecified atom stereocenters. The summed E-state index contributed by atoms with van der Waals surface area (Å²) in [5.41, 5.74) is 5.03.